The first-order valence-corrected chi connectivity index (χ1v) is 7.42. The molecule has 1 aromatic carbocycles. The van der Waals surface area contributed by atoms with E-state index in [9.17, 15) is 13.2 Å². The van der Waals surface area contributed by atoms with Crippen LogP contribution in [0.15, 0.2) is 24.3 Å². The van der Waals surface area contributed by atoms with Crippen molar-refractivity contribution >= 4 is 16.0 Å². The zero-order valence-electron chi connectivity index (χ0n) is 10.9. The van der Waals surface area contributed by atoms with Gasteiger partial charge in [0.15, 0.2) is 0 Å². The minimum absolute atomic E-state index is 0.00946. The molecule has 7 nitrogen and oxygen atoms in total. The molecule has 0 saturated carbocycles. The molecule has 20 heavy (non-hydrogen) atoms. The topological polar surface area (TPSA) is 124 Å². The summed E-state index contributed by atoms with van der Waals surface area (Å²) < 4.78 is 26.1. The predicted molar refractivity (Wildman–Crippen MR) is 71.7 cm³/mol. The molecular formula is C12H17NO6S. The molecule has 0 aliphatic rings. The molecule has 4 N–H and O–H groups in total. The van der Waals surface area contributed by atoms with Crippen molar-refractivity contribution in [3.63, 3.8) is 0 Å². The lowest BCUT2D eigenvalue weighted by Crippen LogP contribution is -2.51. The summed E-state index contributed by atoms with van der Waals surface area (Å²) in [5.74, 6) is -1.59. The van der Waals surface area contributed by atoms with Gasteiger partial charge in [0.05, 0.1) is 30.1 Å². The van der Waals surface area contributed by atoms with Crippen LogP contribution in [0.2, 0.25) is 0 Å². The van der Waals surface area contributed by atoms with Crippen LogP contribution in [0, 0.1) is 0 Å². The van der Waals surface area contributed by atoms with Crippen molar-refractivity contribution in [2.24, 2.45) is 0 Å². The van der Waals surface area contributed by atoms with Crippen molar-refractivity contribution in [1.29, 1.82) is 0 Å². The Hall–Kier alpha value is -1.48. The van der Waals surface area contributed by atoms with E-state index in [0.29, 0.717) is 5.56 Å². The highest BCUT2D eigenvalue weighted by Gasteiger charge is 2.28. The highest BCUT2D eigenvalue weighted by Crippen LogP contribution is 2.11. The van der Waals surface area contributed by atoms with E-state index in [1.807, 2.05) is 0 Å². The smallest absolute Gasteiger partial charge is 0.335 e. The van der Waals surface area contributed by atoms with Crippen molar-refractivity contribution < 1.29 is 28.5 Å². The molecule has 0 aromatic heterocycles. The standard InChI is InChI=1S/C12H17NO6S/c1-12(7-14,8-15)13-20(18,19)6-9-3-2-4-10(5-9)11(16)17/h2-5,13-15H,6-8H2,1H3,(H,16,17). The molecule has 0 spiro atoms. The number of benzene rings is 1. The van der Waals surface area contributed by atoms with Gasteiger partial charge in [0.1, 0.15) is 0 Å². The fourth-order valence-corrected chi connectivity index (χ4v) is 3.11. The summed E-state index contributed by atoms with van der Waals surface area (Å²) in [7, 11) is -3.82. The minimum atomic E-state index is -3.82. The Morgan fingerprint density at radius 3 is 2.40 bits per heavy atom. The molecule has 0 amide bonds. The molecule has 0 unspecified atom stereocenters. The molecule has 8 heteroatoms. The Balaban J connectivity index is 2.91. The van der Waals surface area contributed by atoms with E-state index < -0.39 is 40.5 Å². The van der Waals surface area contributed by atoms with Crippen LogP contribution in [0.25, 0.3) is 0 Å². The van der Waals surface area contributed by atoms with Crippen LogP contribution in [0.4, 0.5) is 0 Å². The van der Waals surface area contributed by atoms with Gasteiger partial charge in [-0.1, -0.05) is 12.1 Å². The molecule has 0 fully saturated rings. The molecule has 112 valence electrons. The fourth-order valence-electron chi connectivity index (χ4n) is 1.54. The van der Waals surface area contributed by atoms with E-state index in [4.69, 9.17) is 15.3 Å². The maximum atomic E-state index is 11.9. The number of aliphatic hydroxyl groups is 2. The van der Waals surface area contributed by atoms with E-state index in [-0.39, 0.29) is 5.56 Å². The van der Waals surface area contributed by atoms with Crippen LogP contribution in [-0.4, -0.2) is 48.5 Å². The third-order valence-electron chi connectivity index (χ3n) is 2.63. The van der Waals surface area contributed by atoms with E-state index in [2.05, 4.69) is 4.72 Å². The number of carboxylic acid groups (broad SMARTS) is 1. The third kappa shape index (κ3) is 4.57. The maximum absolute atomic E-state index is 11.9. The first-order chi connectivity index (χ1) is 9.21. The molecule has 0 bridgehead atoms. The van der Waals surface area contributed by atoms with Gasteiger partial charge in [-0.25, -0.2) is 17.9 Å². The number of aliphatic hydroxyl groups excluding tert-OH is 2. The second kappa shape index (κ2) is 6.31. The zero-order valence-corrected chi connectivity index (χ0v) is 11.7. The summed E-state index contributed by atoms with van der Waals surface area (Å²) >= 11 is 0. The monoisotopic (exact) mass is 303 g/mol. The van der Waals surface area contributed by atoms with Gasteiger partial charge in [-0.05, 0) is 24.6 Å². The molecule has 0 radical (unpaired) electrons. The molecule has 1 aromatic rings. The quantitative estimate of drug-likeness (QED) is 0.541. The minimum Gasteiger partial charge on any atom is -0.478 e. The van der Waals surface area contributed by atoms with Crippen molar-refractivity contribution in [3.8, 4) is 0 Å². The van der Waals surface area contributed by atoms with Gasteiger partial charge < -0.3 is 15.3 Å². The van der Waals surface area contributed by atoms with Gasteiger partial charge in [-0.3, -0.25) is 0 Å². The molecule has 0 heterocycles. The number of aromatic carboxylic acids is 1. The second-order valence-electron chi connectivity index (χ2n) is 4.74. The summed E-state index contributed by atoms with van der Waals surface area (Å²) in [6.07, 6.45) is 0. The first-order valence-electron chi connectivity index (χ1n) is 5.77. The summed E-state index contributed by atoms with van der Waals surface area (Å²) in [6.45, 7) is 0.244. The number of sulfonamides is 1. The van der Waals surface area contributed by atoms with Gasteiger partial charge in [-0.15, -0.1) is 0 Å². The van der Waals surface area contributed by atoms with Gasteiger partial charge in [0, 0.05) is 0 Å². The third-order valence-corrected chi connectivity index (χ3v) is 4.15. The lowest BCUT2D eigenvalue weighted by molar-refractivity contribution is 0.0696. The van der Waals surface area contributed by atoms with E-state index in [1.54, 1.807) is 0 Å². The van der Waals surface area contributed by atoms with Gasteiger partial charge in [0.25, 0.3) is 0 Å². The predicted octanol–water partition coefficient (Wildman–Crippen LogP) is -0.452. The summed E-state index contributed by atoms with van der Waals surface area (Å²) in [6, 6.07) is 5.56. The Morgan fingerprint density at radius 1 is 1.30 bits per heavy atom. The van der Waals surface area contributed by atoms with Gasteiger partial charge in [-0.2, -0.15) is 0 Å². The number of rotatable bonds is 7. The highest BCUT2D eigenvalue weighted by molar-refractivity contribution is 7.88. The lowest BCUT2D eigenvalue weighted by atomic mass is 10.1. The lowest BCUT2D eigenvalue weighted by Gasteiger charge is -2.25. The Bertz CT molecular complexity index is 579. The highest BCUT2D eigenvalue weighted by atomic mass is 32.2. The Labute approximate surface area is 116 Å². The van der Waals surface area contributed by atoms with Crippen molar-refractivity contribution in [1.82, 2.24) is 4.72 Å². The summed E-state index contributed by atoms with van der Waals surface area (Å²) in [4.78, 5) is 10.8. The van der Waals surface area contributed by atoms with Crippen molar-refractivity contribution in [2.75, 3.05) is 13.2 Å². The SMILES string of the molecule is CC(CO)(CO)NS(=O)(=O)Cc1cccc(C(=O)O)c1. The molecule has 1 rings (SSSR count). The summed E-state index contributed by atoms with van der Waals surface area (Å²) in [5, 5.41) is 27.0. The second-order valence-corrected chi connectivity index (χ2v) is 6.47. The summed E-state index contributed by atoms with van der Waals surface area (Å²) in [5.41, 5.74) is -1.07. The Morgan fingerprint density at radius 2 is 1.90 bits per heavy atom. The van der Waals surface area contributed by atoms with E-state index in [1.165, 1.54) is 31.2 Å². The molecule has 0 atom stereocenters. The average Bonchev–Trinajstić information content (AvgIpc) is 2.37. The number of nitrogens with one attached hydrogen (secondary N) is 1. The van der Waals surface area contributed by atoms with Crippen LogP contribution >= 0.6 is 0 Å². The van der Waals surface area contributed by atoms with E-state index in [0.717, 1.165) is 0 Å². The number of carbonyl (C=O) groups is 1. The normalized spacial score (nSPS) is 12.3. The van der Waals surface area contributed by atoms with Crippen LogP contribution in [0.5, 0.6) is 0 Å². The van der Waals surface area contributed by atoms with Gasteiger partial charge >= 0.3 is 5.97 Å². The van der Waals surface area contributed by atoms with Crippen LogP contribution < -0.4 is 4.72 Å². The van der Waals surface area contributed by atoms with Crippen molar-refractivity contribution in [3.05, 3.63) is 35.4 Å². The van der Waals surface area contributed by atoms with Crippen LogP contribution in [0.3, 0.4) is 0 Å². The molecule has 0 aliphatic carbocycles. The number of carboxylic acids is 1. The van der Waals surface area contributed by atoms with Crippen molar-refractivity contribution in [2.45, 2.75) is 18.2 Å². The zero-order chi connectivity index (χ0) is 15.4. The maximum Gasteiger partial charge on any atom is 0.335 e. The average molecular weight is 303 g/mol. The largest absolute Gasteiger partial charge is 0.478 e. The number of hydrogen-bond acceptors (Lipinski definition) is 5. The van der Waals surface area contributed by atoms with Crippen LogP contribution in [-0.2, 0) is 15.8 Å². The Kier molecular flexibility index (Phi) is 5.23. The fraction of sp³-hybridized carbons (Fsp3) is 0.417. The first kappa shape index (κ1) is 16.6. The molecular weight excluding hydrogens is 286 g/mol. The molecule has 0 aliphatic heterocycles. The number of hydrogen-bond donors (Lipinski definition) is 4. The van der Waals surface area contributed by atoms with Gasteiger partial charge in [0.2, 0.25) is 10.0 Å². The van der Waals surface area contributed by atoms with Crippen LogP contribution in [0.1, 0.15) is 22.8 Å². The molecule has 0 saturated heterocycles. The van der Waals surface area contributed by atoms with E-state index >= 15 is 0 Å².